The smallest absolute Gasteiger partial charge is 0.286 e. The molecule has 1 aromatic heterocycles. The summed E-state index contributed by atoms with van der Waals surface area (Å²) in [5.74, 6) is -0.708. The fraction of sp³-hybridized carbons (Fsp3) is 0.375. The van der Waals surface area contributed by atoms with E-state index >= 15 is 0 Å². The van der Waals surface area contributed by atoms with Gasteiger partial charge in [-0.25, -0.2) is 4.39 Å². The first kappa shape index (κ1) is 9.88. The standard InChI is InChI=1S/C6H6FNO.C2H6/c1-8-4-2-3-5(7)6(8)9;1-2/h2-4H,1H3;1-2H3. The summed E-state index contributed by atoms with van der Waals surface area (Å²) in [7, 11) is 1.51. The number of aryl methyl sites for hydroxylation is 1. The molecule has 0 radical (unpaired) electrons. The Morgan fingerprint density at radius 2 is 2.00 bits per heavy atom. The first-order chi connectivity index (χ1) is 5.22. The number of nitrogens with zero attached hydrogens (tertiary/aromatic N) is 1. The highest BCUT2D eigenvalue weighted by atomic mass is 19.1. The Morgan fingerprint density at radius 1 is 1.45 bits per heavy atom. The van der Waals surface area contributed by atoms with Gasteiger partial charge in [-0.15, -0.1) is 0 Å². The monoisotopic (exact) mass is 157 g/mol. The molecule has 0 saturated heterocycles. The highest BCUT2D eigenvalue weighted by Gasteiger charge is 1.94. The summed E-state index contributed by atoms with van der Waals surface area (Å²) in [5, 5.41) is 0. The molecule has 0 saturated carbocycles. The zero-order valence-electron chi connectivity index (χ0n) is 6.97. The number of hydrogen-bond donors (Lipinski definition) is 0. The maximum absolute atomic E-state index is 12.2. The van der Waals surface area contributed by atoms with E-state index in [1.165, 1.54) is 23.9 Å². The van der Waals surface area contributed by atoms with Gasteiger partial charge in [-0.2, -0.15) is 0 Å². The third-order valence-corrected chi connectivity index (χ3v) is 1.08. The van der Waals surface area contributed by atoms with E-state index < -0.39 is 11.4 Å². The molecule has 0 unspecified atom stereocenters. The van der Waals surface area contributed by atoms with Crippen LogP contribution < -0.4 is 5.56 Å². The first-order valence-corrected chi connectivity index (χ1v) is 3.53. The number of pyridine rings is 1. The molecule has 1 heterocycles. The third-order valence-electron chi connectivity index (χ3n) is 1.08. The molecule has 0 N–H and O–H groups in total. The number of rotatable bonds is 0. The molecule has 11 heavy (non-hydrogen) atoms. The van der Waals surface area contributed by atoms with E-state index in [4.69, 9.17) is 0 Å². The van der Waals surface area contributed by atoms with Gasteiger partial charge >= 0.3 is 0 Å². The minimum atomic E-state index is -0.708. The fourth-order valence-corrected chi connectivity index (χ4v) is 0.564. The van der Waals surface area contributed by atoms with Gasteiger partial charge in [0.05, 0.1) is 0 Å². The molecule has 0 aliphatic carbocycles. The second kappa shape index (κ2) is 4.66. The van der Waals surface area contributed by atoms with Crippen molar-refractivity contribution in [3.63, 3.8) is 0 Å². The van der Waals surface area contributed by atoms with Crippen molar-refractivity contribution >= 4 is 0 Å². The predicted molar refractivity (Wildman–Crippen MR) is 43.0 cm³/mol. The lowest BCUT2D eigenvalue weighted by Crippen LogP contribution is -2.18. The molecule has 0 aromatic carbocycles. The number of halogens is 1. The summed E-state index contributed by atoms with van der Waals surface area (Å²) in [6.45, 7) is 4.00. The molecule has 0 amide bonds. The molecular weight excluding hydrogens is 145 g/mol. The fourth-order valence-electron chi connectivity index (χ4n) is 0.564. The van der Waals surface area contributed by atoms with Crippen LogP contribution in [-0.4, -0.2) is 4.57 Å². The van der Waals surface area contributed by atoms with Crippen LogP contribution in [-0.2, 0) is 7.05 Å². The predicted octanol–water partition coefficient (Wildman–Crippen LogP) is 1.55. The second-order valence-corrected chi connectivity index (χ2v) is 1.77. The highest BCUT2D eigenvalue weighted by Crippen LogP contribution is 1.84. The topological polar surface area (TPSA) is 22.0 Å². The molecule has 0 spiro atoms. The van der Waals surface area contributed by atoms with E-state index in [2.05, 4.69) is 0 Å². The quantitative estimate of drug-likeness (QED) is 0.560. The summed E-state index contributed by atoms with van der Waals surface area (Å²) >= 11 is 0. The van der Waals surface area contributed by atoms with E-state index in [1.54, 1.807) is 0 Å². The Morgan fingerprint density at radius 3 is 2.36 bits per heavy atom. The molecule has 0 bridgehead atoms. The van der Waals surface area contributed by atoms with Crippen LogP contribution in [0.1, 0.15) is 13.8 Å². The normalized spacial score (nSPS) is 8.36. The van der Waals surface area contributed by atoms with E-state index in [0.717, 1.165) is 6.07 Å². The summed E-state index contributed by atoms with van der Waals surface area (Å²) in [5.41, 5.74) is -0.586. The zero-order valence-corrected chi connectivity index (χ0v) is 6.97. The minimum Gasteiger partial charge on any atom is -0.316 e. The average Bonchev–Trinajstić information content (AvgIpc) is 2.04. The lowest BCUT2D eigenvalue weighted by molar-refractivity contribution is 0.590. The van der Waals surface area contributed by atoms with Gasteiger partial charge < -0.3 is 4.57 Å². The van der Waals surface area contributed by atoms with E-state index in [0.29, 0.717) is 0 Å². The Hall–Kier alpha value is -1.12. The van der Waals surface area contributed by atoms with Crippen molar-refractivity contribution in [2.24, 2.45) is 7.05 Å². The molecule has 3 heteroatoms. The van der Waals surface area contributed by atoms with Gasteiger partial charge in [0.1, 0.15) is 0 Å². The molecule has 1 aromatic rings. The molecule has 1 rings (SSSR count). The van der Waals surface area contributed by atoms with Gasteiger partial charge in [0.2, 0.25) is 0 Å². The Kier molecular flexibility index (Phi) is 4.18. The van der Waals surface area contributed by atoms with Gasteiger partial charge in [-0.3, -0.25) is 4.79 Å². The third kappa shape index (κ3) is 2.53. The molecular formula is C8H12FNO. The van der Waals surface area contributed by atoms with E-state index in [1.807, 2.05) is 13.8 Å². The Bertz CT molecular complexity index is 244. The zero-order chi connectivity index (χ0) is 8.85. The largest absolute Gasteiger partial charge is 0.316 e. The summed E-state index contributed by atoms with van der Waals surface area (Å²) in [6, 6.07) is 2.62. The maximum atomic E-state index is 12.2. The van der Waals surface area contributed by atoms with Crippen molar-refractivity contribution in [2.75, 3.05) is 0 Å². The maximum Gasteiger partial charge on any atom is 0.286 e. The van der Waals surface area contributed by atoms with Gasteiger partial charge in [0, 0.05) is 13.2 Å². The van der Waals surface area contributed by atoms with Crippen molar-refractivity contribution in [1.29, 1.82) is 0 Å². The van der Waals surface area contributed by atoms with Crippen LogP contribution in [0.5, 0.6) is 0 Å². The van der Waals surface area contributed by atoms with Crippen molar-refractivity contribution in [3.05, 3.63) is 34.5 Å². The summed E-state index contributed by atoms with van der Waals surface area (Å²) in [4.78, 5) is 10.6. The van der Waals surface area contributed by atoms with Crippen LogP contribution in [0.3, 0.4) is 0 Å². The number of aromatic nitrogens is 1. The van der Waals surface area contributed by atoms with Gasteiger partial charge in [-0.05, 0) is 12.1 Å². The highest BCUT2D eigenvalue weighted by molar-refractivity contribution is 4.95. The SMILES string of the molecule is CC.Cn1cccc(F)c1=O. The van der Waals surface area contributed by atoms with E-state index in [-0.39, 0.29) is 0 Å². The van der Waals surface area contributed by atoms with Crippen LogP contribution in [0, 0.1) is 5.82 Å². The molecule has 2 nitrogen and oxygen atoms in total. The van der Waals surface area contributed by atoms with Crippen molar-refractivity contribution in [1.82, 2.24) is 4.57 Å². The van der Waals surface area contributed by atoms with Gasteiger partial charge in [-0.1, -0.05) is 13.8 Å². The lowest BCUT2D eigenvalue weighted by atomic mass is 10.5. The summed E-state index contributed by atoms with van der Waals surface area (Å²) in [6.07, 6.45) is 1.51. The second-order valence-electron chi connectivity index (χ2n) is 1.77. The Balaban J connectivity index is 0.000000461. The number of hydrogen-bond acceptors (Lipinski definition) is 1. The first-order valence-electron chi connectivity index (χ1n) is 3.53. The minimum absolute atomic E-state index is 0.586. The van der Waals surface area contributed by atoms with Crippen LogP contribution >= 0.6 is 0 Å². The van der Waals surface area contributed by atoms with E-state index in [9.17, 15) is 9.18 Å². The van der Waals surface area contributed by atoms with Crippen molar-refractivity contribution < 1.29 is 4.39 Å². The van der Waals surface area contributed by atoms with Crippen molar-refractivity contribution in [2.45, 2.75) is 13.8 Å². The molecule has 0 aliphatic rings. The Labute approximate surface area is 65.3 Å². The van der Waals surface area contributed by atoms with Crippen LogP contribution in [0.4, 0.5) is 4.39 Å². The van der Waals surface area contributed by atoms with Gasteiger partial charge in [0.25, 0.3) is 5.56 Å². The van der Waals surface area contributed by atoms with Crippen LogP contribution in [0.25, 0.3) is 0 Å². The molecule has 62 valence electrons. The lowest BCUT2D eigenvalue weighted by Gasteiger charge is -1.92. The van der Waals surface area contributed by atoms with Crippen LogP contribution in [0.15, 0.2) is 23.1 Å². The van der Waals surface area contributed by atoms with Crippen molar-refractivity contribution in [3.8, 4) is 0 Å². The molecule has 0 aliphatic heterocycles. The molecule has 0 atom stereocenters. The molecule has 0 fully saturated rings. The average molecular weight is 157 g/mol. The van der Waals surface area contributed by atoms with Gasteiger partial charge in [0.15, 0.2) is 5.82 Å². The van der Waals surface area contributed by atoms with Crippen LogP contribution in [0.2, 0.25) is 0 Å². The summed E-state index contributed by atoms with van der Waals surface area (Å²) < 4.78 is 13.4.